The van der Waals surface area contributed by atoms with E-state index in [1.165, 1.54) is 18.4 Å². The molecule has 1 saturated heterocycles. The molecule has 0 atom stereocenters. The van der Waals surface area contributed by atoms with Crippen LogP contribution in [0.4, 0.5) is 0 Å². The van der Waals surface area contributed by atoms with Gasteiger partial charge in [0.15, 0.2) is 0 Å². The Kier molecular flexibility index (Phi) is 5.99. The third-order valence-electron chi connectivity index (χ3n) is 4.52. The minimum absolute atomic E-state index is 0.0682. The molecule has 1 aliphatic carbocycles. The summed E-state index contributed by atoms with van der Waals surface area (Å²) in [5.74, 6) is 1.64. The summed E-state index contributed by atoms with van der Waals surface area (Å²) in [7, 11) is -0.650. The molecular formula is C16H28N2O2S. The number of amides is 1. The van der Waals surface area contributed by atoms with Crippen LogP contribution >= 0.6 is 0 Å². The Balaban J connectivity index is 1.76. The van der Waals surface area contributed by atoms with Crippen molar-refractivity contribution in [2.75, 3.05) is 31.1 Å². The van der Waals surface area contributed by atoms with E-state index in [0.29, 0.717) is 13.0 Å². The van der Waals surface area contributed by atoms with Crippen LogP contribution in [-0.4, -0.2) is 51.7 Å². The van der Waals surface area contributed by atoms with Crippen molar-refractivity contribution in [3.63, 3.8) is 0 Å². The van der Waals surface area contributed by atoms with Gasteiger partial charge < -0.3 is 5.32 Å². The number of nitrogens with one attached hydrogen (secondary N) is 1. The van der Waals surface area contributed by atoms with Crippen molar-refractivity contribution in [2.24, 2.45) is 0 Å². The Morgan fingerprint density at radius 3 is 2.67 bits per heavy atom. The predicted octanol–water partition coefficient (Wildman–Crippen LogP) is 1.84. The highest BCUT2D eigenvalue weighted by Gasteiger charge is 2.29. The van der Waals surface area contributed by atoms with Gasteiger partial charge in [-0.15, -0.1) is 0 Å². The first kappa shape index (κ1) is 16.7. The summed E-state index contributed by atoms with van der Waals surface area (Å²) in [6, 6.07) is 0. The Bertz CT molecular complexity index is 422. The second-order valence-electron chi connectivity index (χ2n) is 6.71. The van der Waals surface area contributed by atoms with Crippen LogP contribution in [0.15, 0.2) is 11.6 Å². The quantitative estimate of drug-likeness (QED) is 0.788. The summed E-state index contributed by atoms with van der Waals surface area (Å²) >= 11 is 0. The molecule has 5 heteroatoms. The van der Waals surface area contributed by atoms with E-state index in [4.69, 9.17) is 0 Å². The van der Waals surface area contributed by atoms with E-state index >= 15 is 0 Å². The van der Waals surface area contributed by atoms with Crippen molar-refractivity contribution in [2.45, 2.75) is 51.5 Å². The number of carbonyl (C=O) groups is 1. The molecule has 2 rings (SSSR count). The lowest BCUT2D eigenvalue weighted by molar-refractivity contribution is -0.121. The zero-order chi connectivity index (χ0) is 15.3. The molecule has 0 radical (unpaired) electrons. The van der Waals surface area contributed by atoms with Gasteiger partial charge in [-0.2, -0.15) is 0 Å². The zero-order valence-electron chi connectivity index (χ0n) is 13.3. The van der Waals surface area contributed by atoms with Crippen LogP contribution in [0.2, 0.25) is 0 Å². The Hall–Kier alpha value is -0.680. The predicted molar refractivity (Wildman–Crippen MR) is 87.7 cm³/mol. The van der Waals surface area contributed by atoms with E-state index in [-0.39, 0.29) is 11.4 Å². The summed E-state index contributed by atoms with van der Waals surface area (Å²) in [4.78, 5) is 14.4. The largest absolute Gasteiger partial charge is 0.354 e. The molecule has 1 fully saturated rings. The van der Waals surface area contributed by atoms with E-state index in [9.17, 15) is 9.00 Å². The van der Waals surface area contributed by atoms with Gasteiger partial charge in [-0.05, 0) is 39.5 Å². The lowest BCUT2D eigenvalue weighted by Gasteiger charge is -2.40. The van der Waals surface area contributed by atoms with Gasteiger partial charge in [0.25, 0.3) is 0 Å². The lowest BCUT2D eigenvalue weighted by Crippen LogP contribution is -2.55. The second kappa shape index (κ2) is 7.54. The number of hydrogen-bond acceptors (Lipinski definition) is 3. The standard InChI is InChI=1S/C16H28N2O2S/c1-16(2,18-8-10-21(20)11-9-18)13-17-15(19)12-14-6-4-3-5-7-14/h6H,3-5,7-13H2,1-2H3,(H,17,19). The molecule has 4 nitrogen and oxygen atoms in total. The third-order valence-corrected chi connectivity index (χ3v) is 5.80. The summed E-state index contributed by atoms with van der Waals surface area (Å²) in [5.41, 5.74) is 1.23. The molecule has 0 aromatic rings. The van der Waals surface area contributed by atoms with Crippen molar-refractivity contribution in [1.29, 1.82) is 0 Å². The van der Waals surface area contributed by atoms with Crippen molar-refractivity contribution in [3.05, 3.63) is 11.6 Å². The highest BCUT2D eigenvalue weighted by molar-refractivity contribution is 7.85. The molecule has 1 aliphatic heterocycles. The van der Waals surface area contributed by atoms with Crippen LogP contribution in [0, 0.1) is 0 Å². The van der Waals surface area contributed by atoms with E-state index in [1.54, 1.807) is 0 Å². The van der Waals surface area contributed by atoms with Gasteiger partial charge in [-0.25, -0.2) is 0 Å². The average molecular weight is 312 g/mol. The highest BCUT2D eigenvalue weighted by Crippen LogP contribution is 2.20. The van der Waals surface area contributed by atoms with Gasteiger partial charge in [-0.3, -0.25) is 13.9 Å². The summed E-state index contributed by atoms with van der Waals surface area (Å²) in [6.45, 7) is 6.69. The number of nitrogens with zero attached hydrogens (tertiary/aromatic N) is 1. The summed E-state index contributed by atoms with van der Waals surface area (Å²) < 4.78 is 11.4. The van der Waals surface area contributed by atoms with Crippen LogP contribution in [0.3, 0.4) is 0 Å². The van der Waals surface area contributed by atoms with Crippen LogP contribution in [0.25, 0.3) is 0 Å². The van der Waals surface area contributed by atoms with Crippen LogP contribution in [0.5, 0.6) is 0 Å². The number of rotatable bonds is 5. The Morgan fingerprint density at radius 1 is 1.33 bits per heavy atom. The van der Waals surface area contributed by atoms with E-state index in [2.05, 4.69) is 30.1 Å². The molecule has 120 valence electrons. The molecular weight excluding hydrogens is 284 g/mol. The Labute approximate surface area is 130 Å². The Morgan fingerprint density at radius 2 is 2.05 bits per heavy atom. The first-order valence-electron chi connectivity index (χ1n) is 8.02. The van der Waals surface area contributed by atoms with Gasteiger partial charge in [0.2, 0.25) is 5.91 Å². The van der Waals surface area contributed by atoms with Crippen molar-refractivity contribution < 1.29 is 9.00 Å². The summed E-state index contributed by atoms with van der Waals surface area (Å²) in [5, 5.41) is 3.08. The van der Waals surface area contributed by atoms with Crippen molar-refractivity contribution >= 4 is 16.7 Å². The molecule has 1 amide bonds. The van der Waals surface area contributed by atoms with Gasteiger partial charge >= 0.3 is 0 Å². The summed E-state index contributed by atoms with van der Waals surface area (Å²) in [6.07, 6.45) is 7.46. The minimum Gasteiger partial charge on any atom is -0.354 e. The minimum atomic E-state index is -0.650. The highest BCUT2D eigenvalue weighted by atomic mass is 32.2. The molecule has 0 spiro atoms. The lowest BCUT2D eigenvalue weighted by atomic mass is 9.96. The molecule has 0 aromatic carbocycles. The molecule has 1 heterocycles. The van der Waals surface area contributed by atoms with Gasteiger partial charge in [0.1, 0.15) is 0 Å². The number of carbonyl (C=O) groups excluding carboxylic acids is 1. The fourth-order valence-electron chi connectivity index (χ4n) is 3.00. The maximum absolute atomic E-state index is 12.1. The monoisotopic (exact) mass is 312 g/mol. The van der Waals surface area contributed by atoms with Crippen LogP contribution in [0.1, 0.15) is 46.0 Å². The maximum atomic E-state index is 12.1. The number of allylic oxidation sites excluding steroid dienone is 1. The van der Waals surface area contributed by atoms with E-state index in [0.717, 1.165) is 37.4 Å². The topological polar surface area (TPSA) is 49.4 Å². The molecule has 1 N–H and O–H groups in total. The van der Waals surface area contributed by atoms with Crippen LogP contribution < -0.4 is 5.32 Å². The molecule has 0 bridgehead atoms. The normalized spacial score (nSPS) is 21.9. The smallest absolute Gasteiger partial charge is 0.224 e. The number of hydrogen-bond donors (Lipinski definition) is 1. The molecule has 2 aliphatic rings. The second-order valence-corrected chi connectivity index (χ2v) is 8.41. The average Bonchev–Trinajstić information content (AvgIpc) is 2.47. The van der Waals surface area contributed by atoms with Crippen molar-refractivity contribution in [1.82, 2.24) is 10.2 Å². The molecule has 0 saturated carbocycles. The molecule has 21 heavy (non-hydrogen) atoms. The van der Waals surface area contributed by atoms with Gasteiger partial charge in [0.05, 0.1) is 0 Å². The maximum Gasteiger partial charge on any atom is 0.224 e. The van der Waals surface area contributed by atoms with E-state index < -0.39 is 10.8 Å². The zero-order valence-corrected chi connectivity index (χ0v) is 14.1. The molecule has 0 aromatic heterocycles. The van der Waals surface area contributed by atoms with E-state index in [1.807, 2.05) is 0 Å². The van der Waals surface area contributed by atoms with Crippen molar-refractivity contribution in [3.8, 4) is 0 Å². The van der Waals surface area contributed by atoms with Gasteiger partial charge in [0, 0.05) is 53.9 Å². The van der Waals surface area contributed by atoms with Crippen LogP contribution in [-0.2, 0) is 15.6 Å². The fourth-order valence-corrected chi connectivity index (χ4v) is 4.06. The van der Waals surface area contributed by atoms with Gasteiger partial charge in [-0.1, -0.05) is 11.6 Å². The third kappa shape index (κ3) is 5.22. The first-order valence-corrected chi connectivity index (χ1v) is 9.51. The fraction of sp³-hybridized carbons (Fsp3) is 0.812. The first-order chi connectivity index (χ1) is 9.97. The SMILES string of the molecule is CC(C)(CNC(=O)CC1=CCCCC1)N1CCS(=O)CC1. The molecule has 0 unspecified atom stereocenters.